The molecule has 0 aromatic heterocycles. The summed E-state index contributed by atoms with van der Waals surface area (Å²) in [6.07, 6.45) is 5.58. The van der Waals surface area contributed by atoms with Crippen LogP contribution in [-0.4, -0.2) is 64.0 Å². The minimum absolute atomic E-state index is 0.0105. The van der Waals surface area contributed by atoms with Crippen molar-refractivity contribution in [2.45, 2.75) is 58.0 Å². The molecule has 8 heteroatoms. The Morgan fingerprint density at radius 3 is 2.44 bits per heavy atom. The first-order valence-electron chi connectivity index (χ1n) is 16.1. The molecule has 2 saturated heterocycles. The summed E-state index contributed by atoms with van der Waals surface area (Å²) < 4.78 is 5.67. The molecule has 45 heavy (non-hydrogen) atoms. The molecule has 7 rings (SSSR count). The number of ketones is 2. The number of aromatic hydroxyl groups is 1. The van der Waals surface area contributed by atoms with Crippen molar-refractivity contribution >= 4 is 23.4 Å². The number of ether oxygens (including phenoxy) is 1. The van der Waals surface area contributed by atoms with Gasteiger partial charge >= 0.3 is 0 Å². The number of carbonyl (C=O) groups excluding carboxylic acids is 4. The second kappa shape index (κ2) is 11.6. The first-order valence-corrected chi connectivity index (χ1v) is 16.1. The number of fused-ring (bicyclic) bond motifs is 3. The van der Waals surface area contributed by atoms with Crippen LogP contribution in [0.4, 0.5) is 0 Å². The van der Waals surface area contributed by atoms with Crippen molar-refractivity contribution in [3.63, 3.8) is 0 Å². The number of phenols is 1. The Hall–Kier alpha value is -4.30. The number of likely N-dealkylation sites (tertiary alicyclic amines) is 2. The Bertz CT molecular complexity index is 1680. The lowest BCUT2D eigenvalue weighted by molar-refractivity contribution is -0.144. The van der Waals surface area contributed by atoms with Gasteiger partial charge in [-0.1, -0.05) is 48.0 Å². The third-order valence-corrected chi connectivity index (χ3v) is 10.4. The SMILES string of the molecule is CCOc1cc(C2C3=CCC4C(=O)N(C5CCN(Cc6ccccc6)CC5)C(=O)C4C3CC3=C2C(=O)C=C(C)C3=O)ccc1O. The number of Topliss-reactive ketones (excluding diaryl/α,β-unsaturated/α-hetero) is 1. The van der Waals surface area contributed by atoms with Crippen molar-refractivity contribution < 1.29 is 29.0 Å². The van der Waals surface area contributed by atoms with Crippen molar-refractivity contribution in [3.05, 3.63) is 94.1 Å². The summed E-state index contributed by atoms with van der Waals surface area (Å²) in [5.74, 6) is -2.35. The summed E-state index contributed by atoms with van der Waals surface area (Å²) in [4.78, 5) is 59.3. The van der Waals surface area contributed by atoms with Gasteiger partial charge in [0.05, 0.1) is 18.4 Å². The maximum atomic E-state index is 14.3. The predicted octanol–water partition coefficient (Wildman–Crippen LogP) is 4.89. The highest BCUT2D eigenvalue weighted by Gasteiger charge is 2.57. The fourth-order valence-electron chi connectivity index (χ4n) is 8.30. The Labute approximate surface area is 263 Å². The summed E-state index contributed by atoms with van der Waals surface area (Å²) in [5, 5.41) is 10.4. The van der Waals surface area contributed by atoms with Gasteiger partial charge < -0.3 is 9.84 Å². The van der Waals surface area contributed by atoms with Crippen LogP contribution in [-0.2, 0) is 25.7 Å². The smallest absolute Gasteiger partial charge is 0.233 e. The molecule has 0 radical (unpaired) electrons. The van der Waals surface area contributed by atoms with Crippen LogP contribution in [0, 0.1) is 17.8 Å². The first-order chi connectivity index (χ1) is 21.8. The molecular formula is C37H38N2O6. The van der Waals surface area contributed by atoms with E-state index in [4.69, 9.17) is 4.74 Å². The lowest BCUT2D eigenvalue weighted by Crippen LogP contribution is -2.47. The second-order valence-corrected chi connectivity index (χ2v) is 12.9. The van der Waals surface area contributed by atoms with Gasteiger partial charge in [-0.2, -0.15) is 0 Å². The predicted molar refractivity (Wildman–Crippen MR) is 167 cm³/mol. The van der Waals surface area contributed by atoms with Crippen LogP contribution in [0.5, 0.6) is 11.5 Å². The van der Waals surface area contributed by atoms with Crippen molar-refractivity contribution in [2.24, 2.45) is 17.8 Å². The monoisotopic (exact) mass is 606 g/mol. The number of imide groups is 1. The number of piperidine rings is 1. The molecule has 5 aliphatic rings. The van der Waals surface area contributed by atoms with Crippen molar-refractivity contribution in [3.8, 4) is 11.5 Å². The third kappa shape index (κ3) is 4.96. The summed E-state index contributed by atoms with van der Waals surface area (Å²) in [6, 6.07) is 15.2. The van der Waals surface area contributed by atoms with Gasteiger partial charge in [-0.3, -0.25) is 29.0 Å². The van der Waals surface area contributed by atoms with Crippen LogP contribution in [0.1, 0.15) is 56.6 Å². The Kier molecular flexibility index (Phi) is 7.56. The Morgan fingerprint density at radius 1 is 0.956 bits per heavy atom. The Morgan fingerprint density at radius 2 is 1.71 bits per heavy atom. The lowest BCUT2D eigenvalue weighted by atomic mass is 9.59. The largest absolute Gasteiger partial charge is 0.504 e. The normalized spacial score (nSPS) is 27.2. The number of phenolic OH excluding ortho intramolecular Hbond substituents is 1. The number of nitrogens with zero attached hydrogens (tertiary/aromatic N) is 2. The van der Waals surface area contributed by atoms with E-state index in [1.807, 2.05) is 31.2 Å². The van der Waals surface area contributed by atoms with Crippen LogP contribution in [0.2, 0.25) is 0 Å². The summed E-state index contributed by atoms with van der Waals surface area (Å²) in [5.41, 5.74) is 4.11. The summed E-state index contributed by atoms with van der Waals surface area (Å²) in [6.45, 7) is 6.29. The average molecular weight is 607 g/mol. The highest BCUT2D eigenvalue weighted by Crippen LogP contribution is 2.56. The van der Waals surface area contributed by atoms with Crippen molar-refractivity contribution in [1.82, 2.24) is 9.80 Å². The van der Waals surface area contributed by atoms with E-state index in [2.05, 4.69) is 17.0 Å². The number of hydrogen-bond acceptors (Lipinski definition) is 7. The zero-order chi connectivity index (χ0) is 31.4. The van der Waals surface area contributed by atoms with E-state index in [1.165, 1.54) is 11.6 Å². The third-order valence-electron chi connectivity index (χ3n) is 10.4. The standard InChI is InChI=1S/C37H38N2O6/c1-3-45-31-18-23(9-12-29(31)40)32-25-10-11-26-33(27(25)19-28-34(32)30(41)17-21(2)35(28)42)37(44)39(36(26)43)24-13-15-38(16-14-24)20-22-7-5-4-6-8-22/h4-10,12,17-18,24,26-27,32-33,40H,3,11,13-16,19-20H2,1-2H3. The maximum absolute atomic E-state index is 14.3. The molecule has 1 N–H and O–H groups in total. The minimum Gasteiger partial charge on any atom is -0.504 e. The van der Waals surface area contributed by atoms with E-state index >= 15 is 0 Å². The zero-order valence-corrected chi connectivity index (χ0v) is 25.7. The van der Waals surface area contributed by atoms with Crippen LogP contribution in [0.3, 0.4) is 0 Å². The zero-order valence-electron chi connectivity index (χ0n) is 25.7. The van der Waals surface area contributed by atoms with Gasteiger partial charge in [-0.05, 0) is 74.8 Å². The number of rotatable bonds is 6. The number of amides is 2. The summed E-state index contributed by atoms with van der Waals surface area (Å²) >= 11 is 0. The molecule has 4 unspecified atom stereocenters. The molecule has 2 aromatic carbocycles. The fourth-order valence-corrected chi connectivity index (χ4v) is 8.30. The van der Waals surface area contributed by atoms with Gasteiger partial charge in [-0.15, -0.1) is 0 Å². The molecule has 0 spiro atoms. The van der Waals surface area contributed by atoms with Crippen LogP contribution >= 0.6 is 0 Å². The molecular weight excluding hydrogens is 568 g/mol. The number of allylic oxidation sites excluding steroid dienone is 6. The van der Waals surface area contributed by atoms with Gasteiger partial charge in [-0.25, -0.2) is 0 Å². The highest BCUT2D eigenvalue weighted by molar-refractivity contribution is 6.23. The number of carbonyl (C=O) groups is 4. The van der Waals surface area contributed by atoms with Crippen LogP contribution in [0.25, 0.3) is 0 Å². The summed E-state index contributed by atoms with van der Waals surface area (Å²) in [7, 11) is 0. The van der Waals surface area contributed by atoms with E-state index in [-0.39, 0.29) is 47.5 Å². The molecule has 3 aliphatic carbocycles. The van der Waals surface area contributed by atoms with Crippen molar-refractivity contribution in [2.75, 3.05) is 19.7 Å². The molecule has 0 saturated carbocycles. The number of benzene rings is 2. The van der Waals surface area contributed by atoms with E-state index < -0.39 is 17.8 Å². The van der Waals surface area contributed by atoms with E-state index in [9.17, 15) is 24.3 Å². The Balaban J connectivity index is 1.19. The minimum atomic E-state index is -0.575. The van der Waals surface area contributed by atoms with E-state index in [1.54, 1.807) is 30.0 Å². The van der Waals surface area contributed by atoms with Crippen molar-refractivity contribution in [1.29, 1.82) is 0 Å². The highest BCUT2D eigenvalue weighted by atomic mass is 16.5. The van der Waals surface area contributed by atoms with E-state index in [0.717, 1.165) is 38.0 Å². The molecule has 8 nitrogen and oxygen atoms in total. The van der Waals surface area contributed by atoms with Gasteiger partial charge in [0.2, 0.25) is 11.8 Å². The molecule has 2 amide bonds. The molecule has 2 aromatic rings. The topological polar surface area (TPSA) is 104 Å². The molecule has 4 atom stereocenters. The fraction of sp³-hybridized carbons (Fsp3) is 0.405. The quantitative estimate of drug-likeness (QED) is 0.284. The van der Waals surface area contributed by atoms with Gasteiger partial charge in [0.25, 0.3) is 0 Å². The maximum Gasteiger partial charge on any atom is 0.233 e. The molecule has 232 valence electrons. The molecule has 2 aliphatic heterocycles. The molecule has 2 fully saturated rings. The average Bonchev–Trinajstić information content (AvgIpc) is 3.30. The second-order valence-electron chi connectivity index (χ2n) is 12.9. The lowest BCUT2D eigenvalue weighted by Gasteiger charge is -2.42. The first kappa shape index (κ1) is 29.4. The van der Waals surface area contributed by atoms with Gasteiger partial charge in [0.1, 0.15) is 0 Å². The van der Waals surface area contributed by atoms with E-state index in [0.29, 0.717) is 41.1 Å². The molecule has 0 bridgehead atoms. The number of hydrogen-bond donors (Lipinski definition) is 1. The van der Waals surface area contributed by atoms with Crippen LogP contribution in [0.15, 0.2) is 83.0 Å². The van der Waals surface area contributed by atoms with Crippen LogP contribution < -0.4 is 4.74 Å². The van der Waals surface area contributed by atoms with Gasteiger partial charge in [0.15, 0.2) is 23.1 Å². The van der Waals surface area contributed by atoms with Gasteiger partial charge in [0, 0.05) is 48.3 Å². The molecule has 2 heterocycles.